The number of rotatable bonds is 49. The second kappa shape index (κ2) is 44.4. The Labute approximate surface area is 380 Å². The van der Waals surface area contributed by atoms with Crippen LogP contribution >= 0.6 is 7.82 Å². The van der Waals surface area contributed by atoms with Crippen molar-refractivity contribution in [2.45, 2.75) is 276 Å². The average molecular weight is 886 g/mol. The third-order valence-electron chi connectivity index (χ3n) is 12.3. The van der Waals surface area contributed by atoms with Crippen LogP contribution < -0.4 is 5.32 Å². The average Bonchev–Trinajstić information content (AvgIpc) is 3.21. The van der Waals surface area contributed by atoms with Crippen molar-refractivity contribution in [1.29, 1.82) is 0 Å². The van der Waals surface area contributed by atoms with E-state index in [1.807, 2.05) is 27.2 Å². The minimum atomic E-state index is -4.34. The lowest BCUT2D eigenvalue weighted by Crippen LogP contribution is -2.45. The summed E-state index contributed by atoms with van der Waals surface area (Å²) in [7, 11) is 1.59. The molecule has 364 valence electrons. The highest BCUT2D eigenvalue weighted by molar-refractivity contribution is 7.47. The number of aliphatic hydroxyl groups is 1. The van der Waals surface area contributed by atoms with Gasteiger partial charge in [0.25, 0.3) is 0 Å². The number of nitrogens with zero attached hydrogens (tertiary/aromatic N) is 1. The van der Waals surface area contributed by atoms with E-state index in [0.29, 0.717) is 17.4 Å². The van der Waals surface area contributed by atoms with Crippen molar-refractivity contribution >= 4 is 13.7 Å². The van der Waals surface area contributed by atoms with Gasteiger partial charge in [0, 0.05) is 6.42 Å². The maximum atomic E-state index is 12.9. The first kappa shape index (κ1) is 60.2. The zero-order valence-corrected chi connectivity index (χ0v) is 42.3. The molecule has 0 heterocycles. The third-order valence-corrected chi connectivity index (χ3v) is 13.2. The summed E-state index contributed by atoms with van der Waals surface area (Å²) in [5, 5.41) is 13.9. The summed E-state index contributed by atoms with van der Waals surface area (Å²) in [5.74, 6) is -0.171. The molecule has 0 saturated carbocycles. The van der Waals surface area contributed by atoms with E-state index < -0.39 is 20.0 Å². The third kappa shape index (κ3) is 47.0. The zero-order chi connectivity index (χ0) is 45.0. The van der Waals surface area contributed by atoms with Crippen LogP contribution in [-0.2, 0) is 18.4 Å². The summed E-state index contributed by atoms with van der Waals surface area (Å²) in [6.07, 6.45) is 52.9. The number of phosphoric acid groups is 1. The molecule has 61 heavy (non-hydrogen) atoms. The number of likely N-dealkylation sites (N-methyl/N-ethyl adjacent to an activating group) is 1. The largest absolute Gasteiger partial charge is 0.472 e. The van der Waals surface area contributed by atoms with E-state index in [-0.39, 0.29) is 19.1 Å². The van der Waals surface area contributed by atoms with Crippen molar-refractivity contribution in [1.82, 2.24) is 5.32 Å². The lowest BCUT2D eigenvalue weighted by Gasteiger charge is -2.25. The van der Waals surface area contributed by atoms with Gasteiger partial charge in [0.15, 0.2) is 0 Å². The van der Waals surface area contributed by atoms with Gasteiger partial charge in [0.2, 0.25) is 5.91 Å². The Morgan fingerprint density at radius 2 is 0.869 bits per heavy atom. The van der Waals surface area contributed by atoms with E-state index in [9.17, 15) is 19.4 Å². The Balaban J connectivity index is 4.21. The van der Waals surface area contributed by atoms with Gasteiger partial charge in [-0.25, -0.2) is 4.57 Å². The fourth-order valence-corrected chi connectivity index (χ4v) is 8.78. The van der Waals surface area contributed by atoms with E-state index in [1.165, 1.54) is 212 Å². The smallest absolute Gasteiger partial charge is 0.387 e. The molecule has 0 saturated heterocycles. The number of unbranched alkanes of at least 4 members (excludes halogenated alkanes) is 36. The second-order valence-corrected chi connectivity index (χ2v) is 21.1. The maximum absolute atomic E-state index is 12.9. The molecule has 0 aromatic rings. The second-order valence-electron chi connectivity index (χ2n) is 19.6. The molecule has 3 atom stereocenters. The fourth-order valence-electron chi connectivity index (χ4n) is 8.04. The lowest BCUT2D eigenvalue weighted by molar-refractivity contribution is -0.870. The van der Waals surface area contributed by atoms with Gasteiger partial charge in [-0.2, -0.15) is 0 Å². The molecule has 3 N–H and O–H groups in total. The number of quaternary nitrogens is 1. The van der Waals surface area contributed by atoms with Crippen molar-refractivity contribution in [3.05, 3.63) is 12.2 Å². The van der Waals surface area contributed by atoms with Gasteiger partial charge in [0.1, 0.15) is 13.2 Å². The van der Waals surface area contributed by atoms with E-state index in [0.717, 1.165) is 32.1 Å². The molecule has 0 aromatic carbocycles. The van der Waals surface area contributed by atoms with Gasteiger partial charge in [-0.05, 0) is 19.3 Å². The van der Waals surface area contributed by atoms with Crippen molar-refractivity contribution < 1.29 is 32.9 Å². The van der Waals surface area contributed by atoms with Crippen LogP contribution in [0, 0.1) is 0 Å². The van der Waals surface area contributed by atoms with E-state index in [4.69, 9.17) is 9.05 Å². The number of allylic oxidation sites excluding steroid dienone is 1. The molecule has 0 aliphatic heterocycles. The summed E-state index contributed by atoms with van der Waals surface area (Å²) in [6, 6.07) is -0.841. The first-order valence-corrected chi connectivity index (χ1v) is 28.1. The van der Waals surface area contributed by atoms with Crippen LogP contribution in [0.5, 0.6) is 0 Å². The number of carbonyl (C=O) groups is 1. The van der Waals surface area contributed by atoms with Crippen LogP contribution in [0.4, 0.5) is 0 Å². The predicted molar refractivity (Wildman–Crippen MR) is 263 cm³/mol. The van der Waals surface area contributed by atoms with Crippen LogP contribution in [-0.4, -0.2) is 73.4 Å². The SMILES string of the molecule is CCCCCCCCCCCCCCCC/C=C/[C@@H](O)[C@H](COP(=O)(O)OCC[N+](C)(C)C)NC(=O)CCCCCCCCCCCCCCCCCCCCCCCCC. The van der Waals surface area contributed by atoms with Crippen molar-refractivity contribution in [3.8, 4) is 0 Å². The van der Waals surface area contributed by atoms with Gasteiger partial charge in [-0.1, -0.05) is 251 Å². The first-order chi connectivity index (χ1) is 29.5. The minimum absolute atomic E-state index is 0.0650. The summed E-state index contributed by atoms with van der Waals surface area (Å²) in [5.41, 5.74) is 0. The molecule has 0 bridgehead atoms. The first-order valence-electron chi connectivity index (χ1n) is 26.6. The Morgan fingerprint density at radius 3 is 1.21 bits per heavy atom. The zero-order valence-electron chi connectivity index (χ0n) is 41.4. The molecule has 0 aliphatic carbocycles. The van der Waals surface area contributed by atoms with Crippen LogP contribution in [0.2, 0.25) is 0 Å². The molecular formula is C52H106N2O6P+. The van der Waals surface area contributed by atoms with Crippen molar-refractivity contribution in [2.24, 2.45) is 0 Å². The quantitative estimate of drug-likeness (QED) is 0.0243. The molecule has 0 aromatic heterocycles. The maximum Gasteiger partial charge on any atom is 0.472 e. The van der Waals surface area contributed by atoms with Gasteiger partial charge < -0.3 is 19.8 Å². The number of amides is 1. The normalized spacial score (nSPS) is 14.1. The standard InChI is InChI=1S/C52H105N2O6P/c1-6-8-10-12-14-16-18-20-22-24-25-26-27-28-29-30-32-34-36-38-40-42-44-46-52(56)53-50(49-60-61(57,58)59-48-47-54(3,4)5)51(55)45-43-41-39-37-35-33-31-23-21-19-17-15-13-11-9-7-2/h43,45,50-51,55H,6-42,44,46-49H2,1-5H3,(H-,53,56,57,58)/p+1/b45-43+/t50-,51+/m0/s1. The molecule has 0 fully saturated rings. The van der Waals surface area contributed by atoms with E-state index in [2.05, 4.69) is 19.2 Å². The molecule has 0 rings (SSSR count). The summed E-state index contributed by atoms with van der Waals surface area (Å²) >= 11 is 0. The van der Waals surface area contributed by atoms with Gasteiger partial charge in [-0.15, -0.1) is 0 Å². The topological polar surface area (TPSA) is 105 Å². The number of hydrogen-bond donors (Lipinski definition) is 3. The van der Waals surface area contributed by atoms with Crippen molar-refractivity contribution in [3.63, 3.8) is 0 Å². The molecular weight excluding hydrogens is 780 g/mol. The Bertz CT molecular complexity index is 1000. The van der Waals surface area contributed by atoms with Gasteiger partial charge in [-0.3, -0.25) is 13.8 Å². The highest BCUT2D eigenvalue weighted by atomic mass is 31.2. The number of hydrogen-bond acceptors (Lipinski definition) is 5. The van der Waals surface area contributed by atoms with Crippen LogP contribution in [0.3, 0.4) is 0 Å². The lowest BCUT2D eigenvalue weighted by atomic mass is 10.0. The summed E-state index contributed by atoms with van der Waals surface area (Å²) < 4.78 is 23.7. The molecule has 9 heteroatoms. The number of aliphatic hydroxyl groups excluding tert-OH is 1. The van der Waals surface area contributed by atoms with Gasteiger partial charge >= 0.3 is 7.82 Å². The summed E-state index contributed by atoms with van der Waals surface area (Å²) in [6.45, 7) is 4.85. The minimum Gasteiger partial charge on any atom is -0.387 e. The highest BCUT2D eigenvalue weighted by Gasteiger charge is 2.27. The monoisotopic (exact) mass is 886 g/mol. The summed E-state index contributed by atoms with van der Waals surface area (Å²) in [4.78, 5) is 23.2. The molecule has 0 radical (unpaired) electrons. The van der Waals surface area contributed by atoms with Gasteiger partial charge in [0.05, 0.1) is 39.9 Å². The Kier molecular flexibility index (Phi) is 43.9. The highest BCUT2D eigenvalue weighted by Crippen LogP contribution is 2.43. The number of carbonyl (C=O) groups excluding carboxylic acids is 1. The predicted octanol–water partition coefficient (Wildman–Crippen LogP) is 15.5. The van der Waals surface area contributed by atoms with E-state index in [1.54, 1.807) is 6.08 Å². The number of nitrogens with one attached hydrogen (secondary N) is 1. The molecule has 0 spiro atoms. The van der Waals surface area contributed by atoms with Crippen LogP contribution in [0.25, 0.3) is 0 Å². The van der Waals surface area contributed by atoms with Crippen LogP contribution in [0.15, 0.2) is 12.2 Å². The Morgan fingerprint density at radius 1 is 0.541 bits per heavy atom. The number of phosphoric ester groups is 1. The molecule has 1 unspecified atom stereocenters. The molecule has 0 aliphatic rings. The molecule has 8 nitrogen and oxygen atoms in total. The van der Waals surface area contributed by atoms with E-state index >= 15 is 0 Å². The fraction of sp³-hybridized carbons (Fsp3) is 0.942. The Hall–Kier alpha value is -0.760. The van der Waals surface area contributed by atoms with Crippen molar-refractivity contribution in [2.75, 3.05) is 40.9 Å². The van der Waals surface area contributed by atoms with Crippen LogP contribution in [0.1, 0.15) is 264 Å². The molecule has 1 amide bonds.